The molecule has 0 radical (unpaired) electrons. The molecule has 12 heavy (non-hydrogen) atoms. The molecule has 3 nitrogen and oxygen atoms in total. The van der Waals surface area contributed by atoms with Gasteiger partial charge in [0.05, 0.1) is 0 Å². The standard InChI is InChI=1S/C9H16N2O/c1-7-6-8(2)11(9(7)12)5-4-10-3/h7,10H,2,4-6H2,1,3H3. The van der Waals surface area contributed by atoms with E-state index in [1.54, 1.807) is 4.90 Å². The quantitative estimate of drug-likeness (QED) is 0.669. The number of likely N-dealkylation sites (N-methyl/N-ethyl adjacent to an activating group) is 1. The summed E-state index contributed by atoms with van der Waals surface area (Å²) in [7, 11) is 1.88. The molecule has 0 aromatic carbocycles. The summed E-state index contributed by atoms with van der Waals surface area (Å²) in [5.74, 6) is 0.351. The third-order valence-electron chi connectivity index (χ3n) is 2.20. The predicted molar refractivity (Wildman–Crippen MR) is 48.6 cm³/mol. The molecule has 3 heteroatoms. The number of likely N-dealkylation sites (tertiary alicyclic amines) is 1. The van der Waals surface area contributed by atoms with Crippen LogP contribution in [0.2, 0.25) is 0 Å². The summed E-state index contributed by atoms with van der Waals surface area (Å²) < 4.78 is 0. The largest absolute Gasteiger partial charge is 0.318 e. The molecule has 68 valence electrons. The van der Waals surface area contributed by atoms with Crippen molar-refractivity contribution in [3.8, 4) is 0 Å². The van der Waals surface area contributed by atoms with Crippen molar-refractivity contribution in [1.29, 1.82) is 0 Å². The van der Waals surface area contributed by atoms with Gasteiger partial charge >= 0.3 is 0 Å². The molecule has 0 aliphatic carbocycles. The molecule has 0 aromatic heterocycles. The van der Waals surface area contributed by atoms with E-state index in [2.05, 4.69) is 11.9 Å². The lowest BCUT2D eigenvalue weighted by Crippen LogP contribution is -2.31. The molecule has 1 amide bonds. The van der Waals surface area contributed by atoms with Gasteiger partial charge in [-0.3, -0.25) is 4.79 Å². The monoisotopic (exact) mass is 168 g/mol. The van der Waals surface area contributed by atoms with Gasteiger partial charge in [-0.05, 0) is 13.5 Å². The van der Waals surface area contributed by atoms with Crippen molar-refractivity contribution in [2.24, 2.45) is 5.92 Å². The Balaban J connectivity index is 2.52. The van der Waals surface area contributed by atoms with Gasteiger partial charge in [-0.1, -0.05) is 13.5 Å². The molecule has 1 rings (SSSR count). The molecule has 1 aliphatic heterocycles. The lowest BCUT2D eigenvalue weighted by atomic mass is 10.1. The Kier molecular flexibility index (Phi) is 2.87. The van der Waals surface area contributed by atoms with Crippen LogP contribution in [-0.4, -0.2) is 30.9 Å². The second kappa shape index (κ2) is 3.72. The van der Waals surface area contributed by atoms with Crippen molar-refractivity contribution in [2.75, 3.05) is 20.1 Å². The van der Waals surface area contributed by atoms with Gasteiger partial charge in [-0.25, -0.2) is 0 Å². The maximum atomic E-state index is 11.5. The number of hydrogen-bond acceptors (Lipinski definition) is 2. The summed E-state index contributed by atoms with van der Waals surface area (Å²) in [6, 6.07) is 0. The molecule has 0 aromatic rings. The molecule has 0 saturated carbocycles. The second-order valence-corrected chi connectivity index (χ2v) is 3.26. The summed E-state index contributed by atoms with van der Waals surface area (Å²) >= 11 is 0. The Labute approximate surface area is 73.4 Å². The molecule has 1 N–H and O–H groups in total. The summed E-state index contributed by atoms with van der Waals surface area (Å²) in [6.45, 7) is 7.40. The predicted octanol–water partition coefficient (Wildman–Crippen LogP) is 0.588. The van der Waals surface area contributed by atoms with Crippen molar-refractivity contribution in [1.82, 2.24) is 10.2 Å². The van der Waals surface area contributed by atoms with Crippen LogP contribution in [-0.2, 0) is 4.79 Å². The molecule has 1 aliphatic rings. The van der Waals surface area contributed by atoms with Crippen molar-refractivity contribution in [2.45, 2.75) is 13.3 Å². The highest BCUT2D eigenvalue weighted by Crippen LogP contribution is 2.25. The zero-order valence-corrected chi connectivity index (χ0v) is 7.76. The molecule has 0 spiro atoms. The van der Waals surface area contributed by atoms with E-state index < -0.39 is 0 Å². The van der Waals surface area contributed by atoms with Gasteiger partial charge in [-0.15, -0.1) is 0 Å². The number of nitrogens with zero attached hydrogens (tertiary/aromatic N) is 1. The third-order valence-corrected chi connectivity index (χ3v) is 2.20. The van der Waals surface area contributed by atoms with Crippen LogP contribution in [0.5, 0.6) is 0 Å². The number of allylic oxidation sites excluding steroid dienone is 1. The SMILES string of the molecule is C=C1CC(C)C(=O)N1CCNC. The second-order valence-electron chi connectivity index (χ2n) is 3.26. The summed E-state index contributed by atoms with van der Waals surface area (Å²) in [5, 5.41) is 3.02. The Bertz CT molecular complexity index is 201. The normalized spacial score (nSPS) is 23.8. The lowest BCUT2D eigenvalue weighted by Gasteiger charge is -2.16. The van der Waals surface area contributed by atoms with Crippen LogP contribution in [0.3, 0.4) is 0 Å². The van der Waals surface area contributed by atoms with Crippen molar-refractivity contribution in [3.63, 3.8) is 0 Å². The van der Waals surface area contributed by atoms with E-state index in [-0.39, 0.29) is 11.8 Å². The van der Waals surface area contributed by atoms with E-state index in [4.69, 9.17) is 0 Å². The van der Waals surface area contributed by atoms with Gasteiger partial charge in [0.15, 0.2) is 0 Å². The molecular weight excluding hydrogens is 152 g/mol. The van der Waals surface area contributed by atoms with E-state index in [0.717, 1.165) is 25.2 Å². The van der Waals surface area contributed by atoms with Gasteiger partial charge in [0.2, 0.25) is 5.91 Å². The van der Waals surface area contributed by atoms with Gasteiger partial charge in [0.25, 0.3) is 0 Å². The van der Waals surface area contributed by atoms with E-state index in [9.17, 15) is 4.79 Å². The van der Waals surface area contributed by atoms with Crippen LogP contribution >= 0.6 is 0 Å². The van der Waals surface area contributed by atoms with Crippen molar-refractivity contribution in [3.05, 3.63) is 12.3 Å². The first-order chi connectivity index (χ1) is 5.66. The molecular formula is C9H16N2O. The number of nitrogens with one attached hydrogen (secondary N) is 1. The Morgan fingerprint density at radius 1 is 1.75 bits per heavy atom. The Hall–Kier alpha value is -0.830. The average Bonchev–Trinajstić information content (AvgIpc) is 2.25. The van der Waals surface area contributed by atoms with E-state index >= 15 is 0 Å². The van der Waals surface area contributed by atoms with Gasteiger partial charge < -0.3 is 10.2 Å². The zero-order chi connectivity index (χ0) is 9.14. The van der Waals surface area contributed by atoms with Crippen LogP contribution in [0.15, 0.2) is 12.3 Å². The molecule has 1 fully saturated rings. The summed E-state index contributed by atoms with van der Waals surface area (Å²) in [6.07, 6.45) is 0.822. The Morgan fingerprint density at radius 3 is 2.83 bits per heavy atom. The van der Waals surface area contributed by atoms with Gasteiger partial charge in [-0.2, -0.15) is 0 Å². The fraction of sp³-hybridized carbons (Fsp3) is 0.667. The van der Waals surface area contributed by atoms with E-state index in [1.807, 2.05) is 14.0 Å². The molecule has 1 saturated heterocycles. The number of carbonyl (C=O) groups excluding carboxylic acids is 1. The van der Waals surface area contributed by atoms with Crippen LogP contribution in [0, 0.1) is 5.92 Å². The number of carbonyl (C=O) groups is 1. The van der Waals surface area contributed by atoms with Crippen LogP contribution in [0.25, 0.3) is 0 Å². The number of amides is 1. The molecule has 1 heterocycles. The first kappa shape index (κ1) is 9.26. The highest BCUT2D eigenvalue weighted by molar-refractivity contribution is 5.83. The highest BCUT2D eigenvalue weighted by atomic mass is 16.2. The number of hydrogen-bond donors (Lipinski definition) is 1. The van der Waals surface area contributed by atoms with E-state index in [0.29, 0.717) is 0 Å². The fourth-order valence-electron chi connectivity index (χ4n) is 1.46. The maximum Gasteiger partial charge on any atom is 0.229 e. The first-order valence-electron chi connectivity index (χ1n) is 4.30. The fourth-order valence-corrected chi connectivity index (χ4v) is 1.46. The van der Waals surface area contributed by atoms with Gasteiger partial charge in [0, 0.05) is 24.7 Å². The molecule has 1 atom stereocenters. The highest BCUT2D eigenvalue weighted by Gasteiger charge is 2.30. The minimum atomic E-state index is 0.134. The minimum absolute atomic E-state index is 0.134. The summed E-state index contributed by atoms with van der Waals surface area (Å²) in [4.78, 5) is 13.2. The van der Waals surface area contributed by atoms with Crippen LogP contribution < -0.4 is 5.32 Å². The minimum Gasteiger partial charge on any atom is -0.318 e. The number of rotatable bonds is 3. The zero-order valence-electron chi connectivity index (χ0n) is 7.76. The van der Waals surface area contributed by atoms with Crippen molar-refractivity contribution < 1.29 is 4.79 Å². The van der Waals surface area contributed by atoms with Crippen LogP contribution in [0.1, 0.15) is 13.3 Å². The van der Waals surface area contributed by atoms with Gasteiger partial charge in [0.1, 0.15) is 0 Å². The smallest absolute Gasteiger partial charge is 0.229 e. The molecule has 0 bridgehead atoms. The summed E-state index contributed by atoms with van der Waals surface area (Å²) in [5.41, 5.74) is 0.961. The first-order valence-corrected chi connectivity index (χ1v) is 4.30. The van der Waals surface area contributed by atoms with E-state index in [1.165, 1.54) is 0 Å². The molecule has 1 unspecified atom stereocenters. The maximum absolute atomic E-state index is 11.5. The average molecular weight is 168 g/mol. The lowest BCUT2D eigenvalue weighted by molar-refractivity contribution is -0.129. The third kappa shape index (κ3) is 1.67. The van der Waals surface area contributed by atoms with Crippen molar-refractivity contribution >= 4 is 5.91 Å². The Morgan fingerprint density at radius 2 is 2.42 bits per heavy atom. The van der Waals surface area contributed by atoms with Crippen LogP contribution in [0.4, 0.5) is 0 Å². The topological polar surface area (TPSA) is 32.3 Å².